The molecule has 10 aromatic rings. The van der Waals surface area contributed by atoms with Crippen molar-refractivity contribution in [3.63, 3.8) is 0 Å². The highest BCUT2D eigenvalue weighted by molar-refractivity contribution is 6.15. The average molecular weight is 898 g/mol. The van der Waals surface area contributed by atoms with Gasteiger partial charge in [0.15, 0.2) is 5.82 Å². The van der Waals surface area contributed by atoms with Crippen molar-refractivity contribution in [1.82, 2.24) is 14.5 Å². The Morgan fingerprint density at radius 3 is 2.17 bits per heavy atom. The first-order valence-electron chi connectivity index (χ1n) is 25.2. The monoisotopic (exact) mass is 897 g/mol. The van der Waals surface area contributed by atoms with Gasteiger partial charge in [-0.05, 0) is 153 Å². The molecule has 0 spiro atoms. The number of hydrogen-bond donors (Lipinski definition) is 0. The molecule has 3 nitrogen and oxygen atoms in total. The molecule has 2 heterocycles. The van der Waals surface area contributed by atoms with Crippen LogP contribution >= 0.6 is 0 Å². The molecule has 3 heteroatoms. The maximum absolute atomic E-state index is 5.55. The van der Waals surface area contributed by atoms with Gasteiger partial charge in [0, 0.05) is 33.5 Å². The summed E-state index contributed by atoms with van der Waals surface area (Å²) in [6.07, 6.45) is 14.5. The molecule has 70 heavy (non-hydrogen) atoms. The molecule has 0 N–H and O–H groups in total. The number of nitrogens with zero attached hydrogens (tertiary/aromatic N) is 3. The van der Waals surface area contributed by atoms with E-state index in [0.717, 1.165) is 65.8 Å². The lowest BCUT2D eigenvalue weighted by Gasteiger charge is -2.15. The van der Waals surface area contributed by atoms with Crippen LogP contribution in [0.5, 0.6) is 0 Å². The normalized spacial score (nSPS) is 16.5. The quantitative estimate of drug-likeness (QED) is 0.149. The van der Waals surface area contributed by atoms with E-state index < -0.39 is 0 Å². The van der Waals surface area contributed by atoms with Gasteiger partial charge in [0.1, 0.15) is 5.82 Å². The average Bonchev–Trinajstić information content (AvgIpc) is 4.17. The van der Waals surface area contributed by atoms with Crippen molar-refractivity contribution in [2.75, 3.05) is 0 Å². The fourth-order valence-corrected chi connectivity index (χ4v) is 12.6. The number of benzene rings is 8. The van der Waals surface area contributed by atoms with Crippen LogP contribution in [0.25, 0.3) is 100 Å². The Balaban J connectivity index is 0.993. The van der Waals surface area contributed by atoms with E-state index in [-0.39, 0.29) is 0 Å². The fraction of sp³-hybridized carbons (Fsp3) is 0.134. The van der Waals surface area contributed by atoms with Crippen LogP contribution in [0.1, 0.15) is 66.0 Å². The van der Waals surface area contributed by atoms with E-state index >= 15 is 0 Å². The van der Waals surface area contributed by atoms with Crippen molar-refractivity contribution in [2.45, 2.75) is 51.9 Å². The highest BCUT2D eigenvalue weighted by Gasteiger charge is 2.30. The van der Waals surface area contributed by atoms with E-state index in [0.29, 0.717) is 17.7 Å². The van der Waals surface area contributed by atoms with Gasteiger partial charge in [0.2, 0.25) is 0 Å². The van der Waals surface area contributed by atoms with E-state index in [2.05, 4.69) is 219 Å². The number of para-hydroxylation sites is 1. The summed E-state index contributed by atoms with van der Waals surface area (Å²) in [5, 5.41) is 2.40. The number of rotatable bonds is 7. The smallest absolute Gasteiger partial charge is 0.162 e. The summed E-state index contributed by atoms with van der Waals surface area (Å²) in [6, 6.07) is 65.6. The van der Waals surface area contributed by atoms with Crippen LogP contribution in [0.3, 0.4) is 0 Å². The molecule has 0 saturated carbocycles. The van der Waals surface area contributed by atoms with Gasteiger partial charge in [-0.25, -0.2) is 9.97 Å². The fourth-order valence-electron chi connectivity index (χ4n) is 12.6. The van der Waals surface area contributed by atoms with Gasteiger partial charge in [0.05, 0.1) is 16.7 Å². The first-order valence-corrected chi connectivity index (χ1v) is 25.2. The molecular weight excluding hydrogens is 847 g/mol. The van der Waals surface area contributed by atoms with Crippen LogP contribution in [0.15, 0.2) is 206 Å². The third kappa shape index (κ3) is 6.48. The number of hydrogen-bond acceptors (Lipinski definition) is 2. The van der Waals surface area contributed by atoms with Crippen LogP contribution in [0.2, 0.25) is 0 Å². The maximum atomic E-state index is 5.55. The van der Waals surface area contributed by atoms with Crippen LogP contribution in [0.4, 0.5) is 0 Å². The summed E-state index contributed by atoms with van der Waals surface area (Å²) in [4.78, 5) is 10.9. The summed E-state index contributed by atoms with van der Waals surface area (Å²) in [5.74, 6) is 2.57. The van der Waals surface area contributed by atoms with Crippen molar-refractivity contribution >= 4 is 27.4 Å². The zero-order valence-corrected chi connectivity index (χ0v) is 39.6. The predicted octanol–water partition coefficient (Wildman–Crippen LogP) is 17.0. The van der Waals surface area contributed by atoms with Crippen LogP contribution < -0.4 is 0 Å². The first kappa shape index (κ1) is 40.9. The van der Waals surface area contributed by atoms with Crippen molar-refractivity contribution in [2.24, 2.45) is 5.92 Å². The second-order valence-corrected chi connectivity index (χ2v) is 19.9. The lowest BCUT2D eigenvalue weighted by molar-refractivity contribution is 0.591. The summed E-state index contributed by atoms with van der Waals surface area (Å²) in [7, 11) is 0. The summed E-state index contributed by atoms with van der Waals surface area (Å²) >= 11 is 0. The predicted molar refractivity (Wildman–Crippen MR) is 291 cm³/mol. The summed E-state index contributed by atoms with van der Waals surface area (Å²) < 4.78 is 2.43. The molecule has 14 rings (SSSR count). The van der Waals surface area contributed by atoms with E-state index in [9.17, 15) is 0 Å². The third-order valence-electron chi connectivity index (χ3n) is 16.0. The number of fused-ring (bicyclic) bond motifs is 9. The number of allylic oxidation sites excluding steroid dienone is 6. The molecule has 0 saturated heterocycles. The molecule has 334 valence electrons. The Labute approximate surface area is 409 Å². The van der Waals surface area contributed by atoms with Gasteiger partial charge in [-0.3, -0.25) is 4.57 Å². The van der Waals surface area contributed by atoms with Gasteiger partial charge in [-0.15, -0.1) is 0 Å². The summed E-state index contributed by atoms with van der Waals surface area (Å²) in [6.45, 7) is 4.53. The SMILES string of the molecule is C/C=C\C1Cc2c(-c3cccc(-c4cccc5c6cc(-c7cccc8c7Cc7ccccc7-8)ccc6n(-c6cc(-c7ccc8c(c7)CC7=C8C=CCC7)nc(-c7ccccc7)n6)c45)c3)cccc2C1C. The Kier molecular flexibility index (Phi) is 9.49. The first-order chi connectivity index (χ1) is 34.6. The molecule has 2 aromatic heterocycles. The van der Waals surface area contributed by atoms with Gasteiger partial charge >= 0.3 is 0 Å². The Morgan fingerprint density at radius 1 is 0.543 bits per heavy atom. The maximum Gasteiger partial charge on any atom is 0.162 e. The van der Waals surface area contributed by atoms with E-state index in [1.807, 2.05) is 0 Å². The minimum absolute atomic E-state index is 0.491. The zero-order chi connectivity index (χ0) is 46.5. The van der Waals surface area contributed by atoms with E-state index in [1.54, 1.807) is 5.57 Å². The topological polar surface area (TPSA) is 30.7 Å². The van der Waals surface area contributed by atoms with Crippen LogP contribution in [-0.2, 0) is 19.3 Å². The Morgan fingerprint density at radius 2 is 1.27 bits per heavy atom. The minimum atomic E-state index is 0.491. The third-order valence-corrected chi connectivity index (χ3v) is 16.0. The van der Waals surface area contributed by atoms with Crippen molar-refractivity contribution in [3.05, 3.63) is 239 Å². The molecule has 0 bridgehead atoms. The minimum Gasteiger partial charge on any atom is -0.293 e. The number of aromatic nitrogens is 3. The summed E-state index contributed by atoms with van der Waals surface area (Å²) in [5.41, 5.74) is 26.9. The molecule has 0 aliphatic heterocycles. The van der Waals surface area contributed by atoms with Crippen molar-refractivity contribution in [1.29, 1.82) is 0 Å². The lowest BCUT2D eigenvalue weighted by atomic mass is 9.92. The van der Waals surface area contributed by atoms with Crippen molar-refractivity contribution in [3.8, 4) is 73.0 Å². The Bertz CT molecular complexity index is 3900. The molecular formula is C67H51N3. The van der Waals surface area contributed by atoms with Gasteiger partial charge in [-0.2, -0.15) is 0 Å². The lowest BCUT2D eigenvalue weighted by Crippen LogP contribution is -2.03. The van der Waals surface area contributed by atoms with E-state index in [4.69, 9.17) is 9.97 Å². The second kappa shape index (κ2) is 16.2. The van der Waals surface area contributed by atoms with Crippen molar-refractivity contribution < 1.29 is 0 Å². The standard InChI is InChI=1S/C67H51N3/c1-3-15-43-37-60-51(41(43)2)24-12-25-54(60)45-20-11-21-46(34-45)57-27-14-29-59-62-39-48(55-26-13-28-58-53-23-10-8-19-47(53)38-61(55)58)31-33-64(62)70(66(57)59)65-40-63(68-67(69-65)42-16-5-4-6-17-42)49-30-32-56-50(36-49)35-44-18-7-9-22-52(44)56/h3-6,8-17,19-34,36,39-41,43H,7,18,35,37-38H2,1-2H3/b15-3-. The molecule has 0 radical (unpaired) electrons. The second-order valence-electron chi connectivity index (χ2n) is 19.9. The molecule has 4 aliphatic rings. The van der Waals surface area contributed by atoms with Crippen LogP contribution in [0, 0.1) is 5.92 Å². The molecule has 8 aromatic carbocycles. The van der Waals surface area contributed by atoms with Crippen LogP contribution in [-0.4, -0.2) is 14.5 Å². The molecule has 0 amide bonds. The highest BCUT2D eigenvalue weighted by Crippen LogP contribution is 2.47. The van der Waals surface area contributed by atoms with Gasteiger partial charge in [0.25, 0.3) is 0 Å². The van der Waals surface area contributed by atoms with Gasteiger partial charge in [-0.1, -0.05) is 182 Å². The molecule has 4 aliphatic carbocycles. The highest BCUT2D eigenvalue weighted by atomic mass is 15.1. The molecule has 0 fully saturated rings. The molecule has 2 atom stereocenters. The Hall–Kier alpha value is -8.14. The van der Waals surface area contributed by atoms with Gasteiger partial charge < -0.3 is 0 Å². The molecule has 2 unspecified atom stereocenters. The largest absolute Gasteiger partial charge is 0.293 e. The van der Waals surface area contributed by atoms with E-state index in [1.165, 1.54) is 94.2 Å². The zero-order valence-electron chi connectivity index (χ0n) is 39.6.